The third-order valence-electron chi connectivity index (χ3n) is 5.64. The van der Waals surface area contributed by atoms with E-state index in [-0.39, 0.29) is 11.9 Å². The van der Waals surface area contributed by atoms with Crippen LogP contribution in [0.1, 0.15) is 31.9 Å². The molecule has 2 fully saturated rings. The van der Waals surface area contributed by atoms with Gasteiger partial charge >= 0.3 is 17.7 Å². The standard InChI is InChI=1S/C18H21F2N3O6/c19-18(20)14(25)12(8-24)28-15(18)23-7-6-13(21-16(23)26)22-17(27)29-11-5-4-9-2-1-3-10(9)11/h3,6-7,9,11-12,14-15,24-25H,1-2,4-5,8H2,(H,21,22,26,27)/t9?,11?,12-,14?,15-/m1/s1. The Bertz CT molecular complexity index is 889. The number of hydrogen-bond donors (Lipinski definition) is 3. The molecule has 0 bridgehead atoms. The minimum absolute atomic E-state index is 0.160. The van der Waals surface area contributed by atoms with Crippen LogP contribution in [0.15, 0.2) is 28.7 Å². The molecule has 2 aliphatic carbocycles. The normalized spacial score (nSPS) is 32.7. The Morgan fingerprint density at radius 2 is 2.21 bits per heavy atom. The van der Waals surface area contributed by atoms with Crippen LogP contribution in [-0.4, -0.2) is 56.7 Å². The van der Waals surface area contributed by atoms with Gasteiger partial charge in [0.05, 0.1) is 6.61 Å². The van der Waals surface area contributed by atoms with Gasteiger partial charge in [0.2, 0.25) is 6.23 Å². The highest BCUT2D eigenvalue weighted by atomic mass is 19.3. The van der Waals surface area contributed by atoms with Crippen LogP contribution in [0.2, 0.25) is 0 Å². The van der Waals surface area contributed by atoms with Crippen molar-refractivity contribution in [3.05, 3.63) is 34.4 Å². The first kappa shape index (κ1) is 19.9. The highest BCUT2D eigenvalue weighted by Crippen LogP contribution is 2.42. The number of aliphatic hydroxyl groups is 2. The zero-order chi connectivity index (χ0) is 20.8. The minimum atomic E-state index is -3.80. The molecule has 29 heavy (non-hydrogen) atoms. The summed E-state index contributed by atoms with van der Waals surface area (Å²) in [5.74, 6) is -3.51. The van der Waals surface area contributed by atoms with Crippen molar-refractivity contribution in [1.29, 1.82) is 0 Å². The average molecular weight is 413 g/mol. The third-order valence-corrected chi connectivity index (χ3v) is 5.64. The number of aliphatic hydroxyl groups excluding tert-OH is 2. The van der Waals surface area contributed by atoms with Crippen LogP contribution in [0.25, 0.3) is 0 Å². The summed E-state index contributed by atoms with van der Waals surface area (Å²) in [6.07, 6.45) is -0.205. The molecule has 9 nitrogen and oxygen atoms in total. The van der Waals surface area contributed by atoms with E-state index in [1.54, 1.807) is 0 Å². The molecular formula is C18H21F2N3O6. The Balaban J connectivity index is 1.44. The monoisotopic (exact) mass is 413 g/mol. The lowest BCUT2D eigenvalue weighted by Gasteiger charge is -2.21. The van der Waals surface area contributed by atoms with Gasteiger partial charge in [-0.3, -0.25) is 9.88 Å². The first-order valence-corrected chi connectivity index (χ1v) is 9.40. The van der Waals surface area contributed by atoms with Gasteiger partial charge in [0, 0.05) is 6.20 Å². The average Bonchev–Trinajstić information content (AvgIpc) is 3.33. The highest BCUT2D eigenvalue weighted by Gasteiger charge is 2.59. The van der Waals surface area contributed by atoms with Gasteiger partial charge in [-0.2, -0.15) is 13.8 Å². The molecule has 158 valence electrons. The summed E-state index contributed by atoms with van der Waals surface area (Å²) in [5, 5.41) is 20.9. The van der Waals surface area contributed by atoms with Crippen LogP contribution in [0.4, 0.5) is 19.4 Å². The second-order valence-corrected chi connectivity index (χ2v) is 7.41. The van der Waals surface area contributed by atoms with Crippen LogP contribution in [0.3, 0.4) is 0 Å². The maximum absolute atomic E-state index is 14.2. The Hall–Kier alpha value is -2.37. The summed E-state index contributed by atoms with van der Waals surface area (Å²) in [6, 6.07) is 1.15. The van der Waals surface area contributed by atoms with Gasteiger partial charge in [-0.25, -0.2) is 9.59 Å². The second-order valence-electron chi connectivity index (χ2n) is 7.41. The van der Waals surface area contributed by atoms with E-state index in [0.717, 1.165) is 43.5 Å². The zero-order valence-corrected chi connectivity index (χ0v) is 15.3. The van der Waals surface area contributed by atoms with E-state index in [4.69, 9.17) is 14.6 Å². The van der Waals surface area contributed by atoms with Gasteiger partial charge in [-0.1, -0.05) is 6.08 Å². The maximum Gasteiger partial charge on any atom is 0.413 e. The lowest BCUT2D eigenvalue weighted by atomic mass is 10.1. The summed E-state index contributed by atoms with van der Waals surface area (Å²) in [5.41, 5.74) is 0.0128. The van der Waals surface area contributed by atoms with E-state index in [1.165, 1.54) is 0 Å². The van der Waals surface area contributed by atoms with E-state index >= 15 is 0 Å². The molecule has 1 aliphatic heterocycles. The number of hydrogen-bond acceptors (Lipinski definition) is 7. The summed E-state index contributed by atoms with van der Waals surface area (Å²) < 4.78 is 39.2. The van der Waals surface area contributed by atoms with Crippen LogP contribution >= 0.6 is 0 Å². The molecule has 4 rings (SSSR count). The van der Waals surface area contributed by atoms with Crippen molar-refractivity contribution in [3.63, 3.8) is 0 Å². The van der Waals surface area contributed by atoms with Crippen molar-refractivity contribution in [2.75, 3.05) is 11.9 Å². The fraction of sp³-hybridized carbons (Fsp3) is 0.611. The molecule has 1 aromatic rings. The molecule has 3 N–H and O–H groups in total. The molecular weight excluding hydrogens is 392 g/mol. The lowest BCUT2D eigenvalue weighted by molar-refractivity contribution is -0.140. The number of allylic oxidation sites excluding steroid dienone is 1. The van der Waals surface area contributed by atoms with Crippen molar-refractivity contribution in [3.8, 4) is 0 Å². The molecule has 5 atom stereocenters. The largest absolute Gasteiger partial charge is 0.441 e. The number of anilines is 1. The Morgan fingerprint density at radius 1 is 1.41 bits per heavy atom. The fourth-order valence-electron chi connectivity index (χ4n) is 4.18. The smallest absolute Gasteiger partial charge is 0.413 e. The molecule has 3 unspecified atom stereocenters. The van der Waals surface area contributed by atoms with E-state index in [0.29, 0.717) is 10.5 Å². The van der Waals surface area contributed by atoms with Crippen molar-refractivity contribution in [1.82, 2.24) is 9.55 Å². The number of carbonyl (C=O) groups is 1. The summed E-state index contributed by atoms with van der Waals surface area (Å²) in [7, 11) is 0. The Labute approximate surface area is 164 Å². The Kier molecular flexibility index (Phi) is 5.13. The maximum atomic E-state index is 14.2. The SMILES string of the molecule is O=C(Nc1ccn([C@@H]2O[C@H](CO)C(O)C2(F)F)c(=O)n1)OC1CCC2CCC=C21. The molecule has 11 heteroatoms. The van der Waals surface area contributed by atoms with Gasteiger partial charge in [-0.15, -0.1) is 0 Å². The van der Waals surface area contributed by atoms with Crippen LogP contribution in [-0.2, 0) is 9.47 Å². The van der Waals surface area contributed by atoms with E-state index in [9.17, 15) is 23.5 Å². The highest BCUT2D eigenvalue weighted by molar-refractivity contribution is 5.83. The molecule has 1 aromatic heterocycles. The summed E-state index contributed by atoms with van der Waals surface area (Å²) in [6.45, 7) is -0.834. The first-order chi connectivity index (χ1) is 13.8. The zero-order valence-electron chi connectivity index (χ0n) is 15.3. The summed E-state index contributed by atoms with van der Waals surface area (Å²) >= 11 is 0. The Morgan fingerprint density at radius 3 is 2.90 bits per heavy atom. The number of nitrogens with one attached hydrogen (secondary N) is 1. The number of alkyl halides is 2. The van der Waals surface area contributed by atoms with Gasteiger partial charge in [0.1, 0.15) is 18.0 Å². The second kappa shape index (κ2) is 7.47. The summed E-state index contributed by atoms with van der Waals surface area (Å²) in [4.78, 5) is 27.9. The quantitative estimate of drug-likeness (QED) is 0.634. The topological polar surface area (TPSA) is 123 Å². The number of aromatic nitrogens is 2. The van der Waals surface area contributed by atoms with Gasteiger partial charge in [-0.05, 0) is 43.2 Å². The van der Waals surface area contributed by atoms with Crippen molar-refractivity contribution >= 4 is 11.9 Å². The predicted molar refractivity (Wildman–Crippen MR) is 94.4 cm³/mol. The molecule has 0 radical (unpaired) electrons. The first-order valence-electron chi connectivity index (χ1n) is 9.40. The van der Waals surface area contributed by atoms with Crippen LogP contribution in [0.5, 0.6) is 0 Å². The van der Waals surface area contributed by atoms with Crippen LogP contribution in [0, 0.1) is 5.92 Å². The molecule has 0 aromatic carbocycles. The minimum Gasteiger partial charge on any atom is -0.441 e. The van der Waals surface area contributed by atoms with E-state index in [1.807, 2.05) is 0 Å². The number of ether oxygens (including phenoxy) is 2. The number of halogens is 2. The number of carbonyl (C=O) groups excluding carboxylic acids is 1. The van der Waals surface area contributed by atoms with Crippen molar-refractivity contribution in [2.45, 2.75) is 56.1 Å². The molecule has 1 amide bonds. The van der Waals surface area contributed by atoms with E-state index < -0.39 is 42.7 Å². The third kappa shape index (κ3) is 3.53. The van der Waals surface area contributed by atoms with Crippen LogP contribution < -0.4 is 11.0 Å². The molecule has 3 aliphatic rings. The van der Waals surface area contributed by atoms with Gasteiger partial charge in [0.15, 0.2) is 6.10 Å². The predicted octanol–water partition coefficient (Wildman–Crippen LogP) is 1.18. The molecule has 1 saturated carbocycles. The number of rotatable bonds is 4. The molecule has 2 heterocycles. The van der Waals surface area contributed by atoms with Crippen molar-refractivity contribution in [2.24, 2.45) is 5.92 Å². The number of nitrogens with zero attached hydrogens (tertiary/aromatic N) is 2. The fourth-order valence-corrected chi connectivity index (χ4v) is 4.18. The van der Waals surface area contributed by atoms with E-state index in [2.05, 4.69) is 16.4 Å². The van der Waals surface area contributed by atoms with Gasteiger partial charge < -0.3 is 19.7 Å². The number of amides is 1. The molecule has 1 saturated heterocycles. The van der Waals surface area contributed by atoms with Gasteiger partial charge in [0.25, 0.3) is 0 Å². The van der Waals surface area contributed by atoms with Crippen molar-refractivity contribution < 1.29 is 33.3 Å². The number of fused-ring (bicyclic) bond motifs is 1. The lowest BCUT2D eigenvalue weighted by Crippen LogP contribution is -2.41. The molecule has 0 spiro atoms.